The van der Waals surface area contributed by atoms with Gasteiger partial charge in [-0.05, 0) is 6.07 Å². The predicted molar refractivity (Wildman–Crippen MR) is 100 cm³/mol. The summed E-state index contributed by atoms with van der Waals surface area (Å²) in [6, 6.07) is 5.40. The van der Waals surface area contributed by atoms with E-state index in [-0.39, 0.29) is 23.7 Å². The maximum absolute atomic E-state index is 12.7. The van der Waals surface area contributed by atoms with Crippen LogP contribution >= 0.6 is 11.8 Å². The Morgan fingerprint density at radius 2 is 2.15 bits per heavy atom. The zero-order valence-electron chi connectivity index (χ0n) is 14.5. The number of amides is 1. The largest absolute Gasteiger partial charge is 0.493 e. The molecule has 1 aromatic heterocycles. The van der Waals surface area contributed by atoms with Crippen molar-refractivity contribution in [2.45, 2.75) is 17.5 Å². The quantitative estimate of drug-likeness (QED) is 0.459. The van der Waals surface area contributed by atoms with Crippen LogP contribution in [0.4, 0.5) is 5.82 Å². The maximum Gasteiger partial charge on any atom is 0.257 e. The van der Waals surface area contributed by atoms with Gasteiger partial charge in [-0.1, -0.05) is 30.0 Å². The molecule has 1 atom stereocenters. The molecule has 0 spiro atoms. The Morgan fingerprint density at radius 1 is 1.35 bits per heavy atom. The van der Waals surface area contributed by atoms with Crippen LogP contribution in [0.2, 0.25) is 0 Å². The van der Waals surface area contributed by atoms with Gasteiger partial charge in [-0.3, -0.25) is 9.59 Å². The molecule has 0 fully saturated rings. The van der Waals surface area contributed by atoms with E-state index in [4.69, 9.17) is 9.47 Å². The first kappa shape index (κ1) is 18.1. The lowest BCUT2D eigenvalue weighted by atomic mass is 9.86. The summed E-state index contributed by atoms with van der Waals surface area (Å²) in [5, 5.41) is 3.14. The van der Waals surface area contributed by atoms with Gasteiger partial charge in [-0.15, -0.1) is 6.58 Å². The van der Waals surface area contributed by atoms with E-state index in [2.05, 4.69) is 21.9 Å². The molecule has 0 saturated carbocycles. The van der Waals surface area contributed by atoms with Crippen LogP contribution in [-0.2, 0) is 4.79 Å². The number of para-hydroxylation sites is 1. The van der Waals surface area contributed by atoms with Crippen LogP contribution in [0.15, 0.2) is 40.8 Å². The van der Waals surface area contributed by atoms with E-state index in [9.17, 15) is 9.59 Å². The molecular weight excluding hydrogens is 354 g/mol. The number of carbonyl (C=O) groups is 1. The number of H-pyrrole nitrogens is 1. The van der Waals surface area contributed by atoms with Gasteiger partial charge >= 0.3 is 0 Å². The van der Waals surface area contributed by atoms with Crippen molar-refractivity contribution in [3.05, 3.63) is 52.3 Å². The number of rotatable bonds is 6. The summed E-state index contributed by atoms with van der Waals surface area (Å²) < 4.78 is 10.8. The van der Waals surface area contributed by atoms with Crippen LogP contribution in [0.5, 0.6) is 11.5 Å². The molecule has 8 heteroatoms. The van der Waals surface area contributed by atoms with E-state index in [1.165, 1.54) is 18.9 Å². The topological polar surface area (TPSA) is 93.3 Å². The summed E-state index contributed by atoms with van der Waals surface area (Å²) in [6.07, 6.45) is 1.84. The molecule has 1 aromatic carbocycles. The van der Waals surface area contributed by atoms with Crippen LogP contribution in [0.1, 0.15) is 23.5 Å². The normalized spacial score (nSPS) is 15.8. The summed E-state index contributed by atoms with van der Waals surface area (Å²) in [4.78, 5) is 32.1. The molecule has 0 unspecified atom stereocenters. The van der Waals surface area contributed by atoms with Gasteiger partial charge in [0.05, 0.1) is 19.8 Å². The first-order chi connectivity index (χ1) is 12.6. The van der Waals surface area contributed by atoms with Gasteiger partial charge in [0.15, 0.2) is 16.7 Å². The molecule has 3 rings (SSSR count). The smallest absolute Gasteiger partial charge is 0.257 e. The van der Waals surface area contributed by atoms with Crippen LogP contribution in [-0.4, -0.2) is 35.8 Å². The van der Waals surface area contributed by atoms with E-state index in [0.717, 1.165) is 0 Å². The number of methoxy groups -OCH3 is 2. The Labute approximate surface area is 154 Å². The second-order valence-electron chi connectivity index (χ2n) is 5.62. The number of thioether (sulfide) groups is 1. The predicted octanol–water partition coefficient (Wildman–Crippen LogP) is 2.54. The van der Waals surface area contributed by atoms with Gasteiger partial charge in [-0.25, -0.2) is 4.98 Å². The van der Waals surface area contributed by atoms with E-state index >= 15 is 0 Å². The van der Waals surface area contributed by atoms with Gasteiger partial charge in [-0.2, -0.15) is 0 Å². The Morgan fingerprint density at radius 3 is 2.85 bits per heavy atom. The minimum atomic E-state index is -0.474. The van der Waals surface area contributed by atoms with Gasteiger partial charge in [0, 0.05) is 23.7 Å². The molecule has 136 valence electrons. The number of hydrogen-bond donors (Lipinski definition) is 2. The fraction of sp³-hybridized carbons (Fsp3) is 0.278. The van der Waals surface area contributed by atoms with Crippen LogP contribution in [0, 0.1) is 0 Å². The molecule has 1 aliphatic heterocycles. The number of nitrogens with zero attached hydrogens (tertiary/aromatic N) is 1. The molecule has 2 heterocycles. The summed E-state index contributed by atoms with van der Waals surface area (Å²) in [6.45, 7) is 3.65. The second-order valence-corrected chi connectivity index (χ2v) is 6.63. The minimum Gasteiger partial charge on any atom is -0.493 e. The zero-order valence-corrected chi connectivity index (χ0v) is 15.3. The van der Waals surface area contributed by atoms with Crippen molar-refractivity contribution < 1.29 is 14.3 Å². The average molecular weight is 373 g/mol. The highest BCUT2D eigenvalue weighted by Crippen LogP contribution is 2.42. The maximum atomic E-state index is 12.7. The number of aromatic amines is 1. The van der Waals surface area contributed by atoms with Gasteiger partial charge < -0.3 is 19.8 Å². The first-order valence-electron chi connectivity index (χ1n) is 7.97. The Hall–Kier alpha value is -2.74. The van der Waals surface area contributed by atoms with Gasteiger partial charge in [0.25, 0.3) is 5.56 Å². The van der Waals surface area contributed by atoms with Crippen molar-refractivity contribution in [3.63, 3.8) is 0 Å². The molecular formula is C18H19N3O4S. The molecule has 0 radical (unpaired) electrons. The Bertz CT molecular complexity index is 910. The molecule has 2 aromatic rings. The highest BCUT2D eigenvalue weighted by atomic mass is 32.2. The lowest BCUT2D eigenvalue weighted by Gasteiger charge is -2.26. The lowest BCUT2D eigenvalue weighted by molar-refractivity contribution is -0.116. The number of ether oxygens (including phenoxy) is 2. The fourth-order valence-electron chi connectivity index (χ4n) is 3.01. The van der Waals surface area contributed by atoms with E-state index in [1.807, 2.05) is 6.07 Å². The molecule has 7 nitrogen and oxygen atoms in total. The summed E-state index contributed by atoms with van der Waals surface area (Å²) >= 11 is 1.34. The molecule has 0 bridgehead atoms. The molecule has 2 N–H and O–H groups in total. The Kier molecular flexibility index (Phi) is 5.32. The van der Waals surface area contributed by atoms with Crippen molar-refractivity contribution in [2.24, 2.45) is 0 Å². The standard InChI is InChI=1S/C18H19N3O4S/c1-4-8-26-18-20-16-14(17(23)21-18)11(9-13(22)19-16)10-6-5-7-12(24-2)15(10)25-3/h4-7,11H,1,8-9H2,2-3H3,(H2,19,20,21,22,23)/t11-/m0/s1. The second kappa shape index (κ2) is 7.65. The molecule has 26 heavy (non-hydrogen) atoms. The third kappa shape index (κ3) is 3.32. The van der Waals surface area contributed by atoms with Crippen molar-refractivity contribution in [1.82, 2.24) is 9.97 Å². The number of hydrogen-bond acceptors (Lipinski definition) is 6. The zero-order chi connectivity index (χ0) is 18.7. The number of benzene rings is 1. The first-order valence-corrected chi connectivity index (χ1v) is 8.96. The van der Waals surface area contributed by atoms with Gasteiger partial charge in [0.1, 0.15) is 5.82 Å². The van der Waals surface area contributed by atoms with Crippen LogP contribution in [0.3, 0.4) is 0 Å². The van der Waals surface area contributed by atoms with Gasteiger partial charge in [0.2, 0.25) is 5.91 Å². The number of aromatic nitrogens is 2. The highest BCUT2D eigenvalue weighted by molar-refractivity contribution is 7.99. The molecule has 0 aliphatic carbocycles. The fourth-order valence-corrected chi connectivity index (χ4v) is 3.61. The van der Waals surface area contributed by atoms with Crippen LogP contribution < -0.4 is 20.3 Å². The number of fused-ring (bicyclic) bond motifs is 1. The SMILES string of the molecule is C=CCSc1nc2c(c(=O)[nH]1)[C@H](c1cccc(OC)c1OC)CC(=O)N2. The summed E-state index contributed by atoms with van der Waals surface area (Å²) in [7, 11) is 3.07. The average Bonchev–Trinajstić information content (AvgIpc) is 2.64. The number of anilines is 1. The molecule has 1 amide bonds. The van der Waals surface area contributed by atoms with Crippen molar-refractivity contribution in [2.75, 3.05) is 25.3 Å². The van der Waals surface area contributed by atoms with Crippen molar-refractivity contribution >= 4 is 23.5 Å². The van der Waals surface area contributed by atoms with E-state index in [1.54, 1.807) is 25.3 Å². The summed E-state index contributed by atoms with van der Waals surface area (Å²) in [5.74, 6) is 1.25. The van der Waals surface area contributed by atoms with Crippen molar-refractivity contribution in [1.29, 1.82) is 0 Å². The number of nitrogens with one attached hydrogen (secondary N) is 2. The monoisotopic (exact) mass is 373 g/mol. The number of carbonyl (C=O) groups excluding carboxylic acids is 1. The van der Waals surface area contributed by atoms with E-state index in [0.29, 0.717) is 33.5 Å². The summed E-state index contributed by atoms with van der Waals surface area (Å²) in [5.41, 5.74) is 0.845. The van der Waals surface area contributed by atoms with E-state index < -0.39 is 5.92 Å². The van der Waals surface area contributed by atoms with Crippen molar-refractivity contribution in [3.8, 4) is 11.5 Å². The lowest BCUT2D eigenvalue weighted by Crippen LogP contribution is -2.31. The molecule has 0 saturated heterocycles. The third-order valence-electron chi connectivity index (χ3n) is 4.08. The van der Waals surface area contributed by atoms with Crippen LogP contribution in [0.25, 0.3) is 0 Å². The third-order valence-corrected chi connectivity index (χ3v) is 4.95. The highest BCUT2D eigenvalue weighted by Gasteiger charge is 2.33. The minimum absolute atomic E-state index is 0.125. The Balaban J connectivity index is 2.14. The molecule has 1 aliphatic rings.